The Morgan fingerprint density at radius 1 is 1.29 bits per heavy atom. The van der Waals surface area contributed by atoms with Gasteiger partial charge in [-0.2, -0.15) is 13.2 Å². The lowest BCUT2D eigenvalue weighted by Gasteiger charge is -2.26. The minimum Gasteiger partial charge on any atom is -0.364 e. The number of carbonyl (C=O) groups excluding carboxylic acids is 1. The number of nitrogens with one attached hydrogen (secondary N) is 2. The first-order valence-corrected chi connectivity index (χ1v) is 5.30. The van der Waals surface area contributed by atoms with Crippen molar-refractivity contribution in [2.75, 3.05) is 11.2 Å². The molecular weight excluding hydrogens is 257 g/mol. The molecule has 17 heavy (non-hydrogen) atoms. The summed E-state index contributed by atoms with van der Waals surface area (Å²) in [6.45, 7) is 0. The molecule has 0 aromatic heterocycles. The first-order chi connectivity index (χ1) is 7.91. The van der Waals surface area contributed by atoms with Gasteiger partial charge in [-0.25, -0.2) is 0 Å². The highest BCUT2D eigenvalue weighted by atomic mass is 35.5. The molecule has 1 heterocycles. The Balaban J connectivity index is 2.41. The van der Waals surface area contributed by atoms with E-state index in [9.17, 15) is 18.0 Å². The molecule has 0 saturated carbocycles. The standard InChI is InChI=1S/C10H8ClF3N2O/c11-4-8-15-7-2-1-5(10(12,13)14)3-6(7)9(17)16-8/h1-3,8,15H,4H2,(H,16,17). The molecule has 2 N–H and O–H groups in total. The molecule has 0 spiro atoms. The van der Waals surface area contributed by atoms with Crippen molar-refractivity contribution < 1.29 is 18.0 Å². The lowest BCUT2D eigenvalue weighted by atomic mass is 10.1. The monoisotopic (exact) mass is 264 g/mol. The predicted molar refractivity (Wildman–Crippen MR) is 57.0 cm³/mol. The topological polar surface area (TPSA) is 41.1 Å². The first-order valence-electron chi connectivity index (χ1n) is 4.76. The van der Waals surface area contributed by atoms with Crippen LogP contribution in [0.2, 0.25) is 0 Å². The second-order valence-electron chi connectivity index (χ2n) is 3.58. The molecule has 1 aromatic rings. The van der Waals surface area contributed by atoms with E-state index in [4.69, 9.17) is 11.6 Å². The van der Waals surface area contributed by atoms with Crippen LogP contribution in [0.3, 0.4) is 0 Å². The van der Waals surface area contributed by atoms with Crippen LogP contribution in [0.5, 0.6) is 0 Å². The van der Waals surface area contributed by atoms with Gasteiger partial charge in [0.2, 0.25) is 0 Å². The van der Waals surface area contributed by atoms with E-state index in [0.29, 0.717) is 5.69 Å². The van der Waals surface area contributed by atoms with E-state index in [-0.39, 0.29) is 11.4 Å². The average Bonchev–Trinajstić information content (AvgIpc) is 2.27. The number of carbonyl (C=O) groups is 1. The van der Waals surface area contributed by atoms with Gasteiger partial charge in [0.15, 0.2) is 0 Å². The molecule has 2 rings (SSSR count). The largest absolute Gasteiger partial charge is 0.416 e. The van der Waals surface area contributed by atoms with Gasteiger partial charge in [-0.1, -0.05) is 0 Å². The summed E-state index contributed by atoms with van der Waals surface area (Å²) in [5, 5.41) is 5.28. The highest BCUT2D eigenvalue weighted by Crippen LogP contribution is 2.32. The van der Waals surface area contributed by atoms with Gasteiger partial charge in [0, 0.05) is 5.69 Å². The number of rotatable bonds is 1. The molecule has 1 atom stereocenters. The van der Waals surface area contributed by atoms with Gasteiger partial charge >= 0.3 is 6.18 Å². The van der Waals surface area contributed by atoms with Crippen LogP contribution >= 0.6 is 11.6 Å². The molecule has 0 bridgehead atoms. The summed E-state index contributed by atoms with van der Waals surface area (Å²) in [7, 11) is 0. The molecule has 1 aromatic carbocycles. The van der Waals surface area contributed by atoms with Crippen molar-refractivity contribution in [3.8, 4) is 0 Å². The lowest BCUT2D eigenvalue weighted by Crippen LogP contribution is -2.46. The summed E-state index contributed by atoms with van der Waals surface area (Å²) in [6.07, 6.45) is -4.92. The van der Waals surface area contributed by atoms with E-state index in [2.05, 4.69) is 10.6 Å². The van der Waals surface area contributed by atoms with Crippen molar-refractivity contribution in [1.29, 1.82) is 0 Å². The van der Waals surface area contributed by atoms with Gasteiger partial charge < -0.3 is 10.6 Å². The average molecular weight is 265 g/mol. The predicted octanol–water partition coefficient (Wildman–Crippen LogP) is 2.43. The highest BCUT2D eigenvalue weighted by Gasteiger charge is 2.33. The summed E-state index contributed by atoms with van der Waals surface area (Å²) < 4.78 is 37.4. The van der Waals surface area contributed by atoms with Gasteiger partial charge in [0.25, 0.3) is 5.91 Å². The second kappa shape index (κ2) is 4.10. The highest BCUT2D eigenvalue weighted by molar-refractivity contribution is 6.19. The van der Waals surface area contributed by atoms with Crippen molar-refractivity contribution >= 4 is 23.2 Å². The SMILES string of the molecule is O=C1NC(CCl)Nc2ccc(C(F)(F)F)cc21. The number of hydrogen-bond acceptors (Lipinski definition) is 2. The quantitative estimate of drug-likeness (QED) is 0.765. The maximum atomic E-state index is 12.5. The Morgan fingerprint density at radius 3 is 2.59 bits per heavy atom. The molecule has 1 aliphatic heterocycles. The van der Waals surface area contributed by atoms with Crippen LogP contribution in [-0.4, -0.2) is 18.0 Å². The van der Waals surface area contributed by atoms with Gasteiger partial charge in [0.1, 0.15) is 6.17 Å². The zero-order chi connectivity index (χ0) is 12.6. The van der Waals surface area contributed by atoms with Gasteiger partial charge in [-0.05, 0) is 18.2 Å². The molecule has 0 aliphatic carbocycles. The smallest absolute Gasteiger partial charge is 0.364 e. The maximum Gasteiger partial charge on any atom is 0.416 e. The Bertz CT molecular complexity index is 461. The number of benzene rings is 1. The van der Waals surface area contributed by atoms with Crippen molar-refractivity contribution in [3.63, 3.8) is 0 Å². The number of amides is 1. The van der Waals surface area contributed by atoms with Crippen LogP contribution in [0, 0.1) is 0 Å². The van der Waals surface area contributed by atoms with E-state index < -0.39 is 23.8 Å². The van der Waals surface area contributed by atoms with Crippen LogP contribution in [0.25, 0.3) is 0 Å². The third kappa shape index (κ3) is 2.31. The van der Waals surface area contributed by atoms with Crippen LogP contribution < -0.4 is 10.6 Å². The van der Waals surface area contributed by atoms with Crippen molar-refractivity contribution in [2.24, 2.45) is 0 Å². The fourth-order valence-corrected chi connectivity index (χ4v) is 1.73. The summed E-state index contributed by atoms with van der Waals surface area (Å²) in [4.78, 5) is 11.6. The normalized spacial score (nSPS) is 19.3. The van der Waals surface area contributed by atoms with E-state index in [0.717, 1.165) is 12.1 Å². The van der Waals surface area contributed by atoms with E-state index in [1.807, 2.05) is 0 Å². The number of hydrogen-bond donors (Lipinski definition) is 2. The van der Waals surface area contributed by atoms with Gasteiger partial charge in [-0.15, -0.1) is 11.6 Å². The van der Waals surface area contributed by atoms with Crippen LogP contribution in [0.4, 0.5) is 18.9 Å². The molecule has 0 saturated heterocycles. The Kier molecular flexibility index (Phi) is 2.91. The summed E-state index contributed by atoms with van der Waals surface area (Å²) >= 11 is 5.56. The number of anilines is 1. The molecule has 1 aliphatic rings. The molecular formula is C10H8ClF3N2O. The number of fused-ring (bicyclic) bond motifs is 1. The molecule has 0 radical (unpaired) electrons. The number of alkyl halides is 4. The Morgan fingerprint density at radius 2 is 2.00 bits per heavy atom. The Hall–Kier alpha value is -1.43. The summed E-state index contributed by atoms with van der Waals surface area (Å²) in [5.74, 6) is -0.429. The van der Waals surface area contributed by atoms with Crippen molar-refractivity contribution in [3.05, 3.63) is 29.3 Å². The third-order valence-electron chi connectivity index (χ3n) is 2.38. The Labute approximate surface area is 99.9 Å². The molecule has 0 fully saturated rings. The third-order valence-corrected chi connectivity index (χ3v) is 2.69. The van der Waals surface area contributed by atoms with Crippen molar-refractivity contribution in [1.82, 2.24) is 5.32 Å². The molecule has 1 amide bonds. The maximum absolute atomic E-state index is 12.5. The van der Waals surface area contributed by atoms with Crippen LogP contribution in [-0.2, 0) is 6.18 Å². The van der Waals surface area contributed by atoms with Crippen LogP contribution in [0.1, 0.15) is 15.9 Å². The van der Waals surface area contributed by atoms with E-state index in [1.165, 1.54) is 6.07 Å². The zero-order valence-corrected chi connectivity index (χ0v) is 9.19. The lowest BCUT2D eigenvalue weighted by molar-refractivity contribution is -0.137. The molecule has 7 heteroatoms. The zero-order valence-electron chi connectivity index (χ0n) is 8.44. The summed E-state index contributed by atoms with van der Waals surface area (Å²) in [6, 6.07) is 2.98. The molecule has 92 valence electrons. The fraction of sp³-hybridized carbons (Fsp3) is 0.300. The molecule has 1 unspecified atom stereocenters. The minimum absolute atomic E-state index is 0.0267. The minimum atomic E-state index is -4.46. The van der Waals surface area contributed by atoms with E-state index >= 15 is 0 Å². The van der Waals surface area contributed by atoms with Crippen molar-refractivity contribution in [2.45, 2.75) is 12.3 Å². The van der Waals surface area contributed by atoms with Gasteiger partial charge in [0.05, 0.1) is 17.0 Å². The number of halogens is 4. The van der Waals surface area contributed by atoms with Gasteiger partial charge in [-0.3, -0.25) is 4.79 Å². The first kappa shape index (κ1) is 12.0. The molecule has 3 nitrogen and oxygen atoms in total. The fourth-order valence-electron chi connectivity index (χ4n) is 1.57. The van der Waals surface area contributed by atoms with Crippen LogP contribution in [0.15, 0.2) is 18.2 Å². The summed E-state index contributed by atoms with van der Waals surface area (Å²) in [5.41, 5.74) is -0.522. The second-order valence-corrected chi connectivity index (χ2v) is 3.89. The van der Waals surface area contributed by atoms with E-state index in [1.54, 1.807) is 0 Å².